The lowest BCUT2D eigenvalue weighted by atomic mass is 9.71. The number of aliphatic hydroxyl groups is 1. The minimum Gasteiger partial charge on any atom is -0.395 e. The van der Waals surface area contributed by atoms with Crippen molar-refractivity contribution in [2.45, 2.75) is 33.1 Å². The molecule has 1 heterocycles. The zero-order valence-electron chi connectivity index (χ0n) is 18.9. The van der Waals surface area contributed by atoms with Crippen LogP contribution in [0.25, 0.3) is 18.2 Å². The van der Waals surface area contributed by atoms with Gasteiger partial charge in [-0.1, -0.05) is 32.1 Å². The molecule has 1 aromatic carbocycles. The Bertz CT molecular complexity index is 1100. The van der Waals surface area contributed by atoms with Gasteiger partial charge in [-0.2, -0.15) is 10.5 Å². The fraction of sp³-hybridized carbons (Fsp3) is 0.333. The highest BCUT2D eigenvalue weighted by atomic mass is 32.1. The summed E-state index contributed by atoms with van der Waals surface area (Å²) in [6.07, 6.45) is 8.98. The predicted molar refractivity (Wildman–Crippen MR) is 134 cm³/mol. The summed E-state index contributed by atoms with van der Waals surface area (Å²) in [6.45, 7) is 5.23. The zero-order chi connectivity index (χ0) is 23.1. The highest BCUT2D eigenvalue weighted by molar-refractivity contribution is 7.13. The van der Waals surface area contributed by atoms with Crippen molar-refractivity contribution in [2.75, 3.05) is 25.1 Å². The van der Waals surface area contributed by atoms with Crippen LogP contribution >= 0.6 is 11.3 Å². The van der Waals surface area contributed by atoms with Crippen molar-refractivity contribution in [3.05, 3.63) is 68.4 Å². The van der Waals surface area contributed by atoms with Crippen molar-refractivity contribution in [1.29, 1.82) is 10.5 Å². The Morgan fingerprint density at radius 1 is 1.09 bits per heavy atom. The maximum Gasteiger partial charge on any atom is 0.133 e. The van der Waals surface area contributed by atoms with E-state index >= 15 is 0 Å². The minimum absolute atomic E-state index is 0.137. The predicted octanol–water partition coefficient (Wildman–Crippen LogP) is 6.28. The third kappa shape index (κ3) is 5.98. The second kappa shape index (κ2) is 10.5. The number of benzene rings is 1. The first-order chi connectivity index (χ1) is 15.3. The smallest absolute Gasteiger partial charge is 0.133 e. The van der Waals surface area contributed by atoms with Crippen molar-refractivity contribution < 1.29 is 5.11 Å². The zero-order valence-corrected chi connectivity index (χ0v) is 19.7. The Morgan fingerprint density at radius 2 is 1.78 bits per heavy atom. The lowest BCUT2D eigenvalue weighted by Gasteiger charge is -2.33. The monoisotopic (exact) mass is 443 g/mol. The third-order valence-electron chi connectivity index (χ3n) is 5.81. The van der Waals surface area contributed by atoms with Crippen LogP contribution in [0.15, 0.2) is 53.1 Å². The molecule has 0 unspecified atom stereocenters. The Balaban J connectivity index is 1.78. The molecule has 164 valence electrons. The molecule has 3 rings (SSSR count). The molecule has 1 fully saturated rings. The number of aliphatic hydroxyl groups excluding tert-OH is 1. The van der Waals surface area contributed by atoms with Gasteiger partial charge in [0.2, 0.25) is 0 Å². The van der Waals surface area contributed by atoms with Crippen LogP contribution in [0.3, 0.4) is 0 Å². The molecule has 4 nitrogen and oxygen atoms in total. The average Bonchev–Trinajstić information content (AvgIpc) is 3.22. The van der Waals surface area contributed by atoms with E-state index in [0.29, 0.717) is 6.54 Å². The normalized spacial score (nSPS) is 16.7. The SMILES string of the molecule is CN(CCO)c1ccc(/C=C/c2ccc(/C=C3\CC(C)(C)CCC3=C(C#N)C#N)s2)cc1. The van der Waals surface area contributed by atoms with E-state index in [4.69, 9.17) is 5.11 Å². The van der Waals surface area contributed by atoms with E-state index in [-0.39, 0.29) is 17.6 Å². The van der Waals surface area contributed by atoms with Gasteiger partial charge >= 0.3 is 0 Å². The van der Waals surface area contributed by atoms with Gasteiger partial charge in [0.05, 0.1) is 6.61 Å². The van der Waals surface area contributed by atoms with Crippen LogP contribution in [-0.4, -0.2) is 25.3 Å². The topological polar surface area (TPSA) is 71.0 Å². The van der Waals surface area contributed by atoms with Crippen molar-refractivity contribution in [3.8, 4) is 12.1 Å². The number of thiophene rings is 1. The quantitative estimate of drug-likeness (QED) is 0.533. The first-order valence-electron chi connectivity index (χ1n) is 10.8. The molecular formula is C27H29N3OS. The molecule has 1 aromatic heterocycles. The van der Waals surface area contributed by atoms with Gasteiger partial charge in [-0.3, -0.25) is 0 Å². The van der Waals surface area contributed by atoms with Crippen LogP contribution in [-0.2, 0) is 0 Å². The summed E-state index contributed by atoms with van der Waals surface area (Å²) in [6, 6.07) is 16.6. The molecule has 1 N–H and O–H groups in total. The summed E-state index contributed by atoms with van der Waals surface area (Å²) in [4.78, 5) is 4.30. The van der Waals surface area contributed by atoms with E-state index in [0.717, 1.165) is 51.4 Å². The summed E-state index contributed by atoms with van der Waals surface area (Å²) >= 11 is 1.70. The highest BCUT2D eigenvalue weighted by Crippen LogP contribution is 2.43. The van der Waals surface area contributed by atoms with Gasteiger partial charge in [-0.25, -0.2) is 0 Å². The summed E-state index contributed by atoms with van der Waals surface area (Å²) in [5, 5.41) is 27.8. The van der Waals surface area contributed by atoms with Gasteiger partial charge in [0.25, 0.3) is 0 Å². The molecule has 0 radical (unpaired) electrons. The van der Waals surface area contributed by atoms with Crippen LogP contribution in [0.2, 0.25) is 0 Å². The molecule has 5 heteroatoms. The van der Waals surface area contributed by atoms with Crippen LogP contribution < -0.4 is 4.90 Å². The Hall–Kier alpha value is -3.12. The van der Waals surface area contributed by atoms with Crippen LogP contribution in [0.4, 0.5) is 5.69 Å². The van der Waals surface area contributed by atoms with Gasteiger partial charge in [0.1, 0.15) is 17.7 Å². The van der Waals surface area contributed by atoms with Gasteiger partial charge in [0, 0.05) is 29.0 Å². The van der Waals surface area contributed by atoms with Crippen molar-refractivity contribution >= 4 is 35.3 Å². The van der Waals surface area contributed by atoms with Gasteiger partial charge < -0.3 is 10.0 Å². The van der Waals surface area contributed by atoms with Gasteiger partial charge in [0.15, 0.2) is 0 Å². The second-order valence-electron chi connectivity index (χ2n) is 8.90. The van der Waals surface area contributed by atoms with Crippen molar-refractivity contribution in [3.63, 3.8) is 0 Å². The van der Waals surface area contributed by atoms with Crippen LogP contribution in [0.1, 0.15) is 48.4 Å². The first kappa shape index (κ1) is 23.5. The number of likely N-dealkylation sites (N-methyl/N-ethyl adjacent to an activating group) is 1. The Labute approximate surface area is 195 Å². The van der Waals surface area contributed by atoms with Crippen LogP contribution in [0, 0.1) is 28.1 Å². The number of allylic oxidation sites excluding steroid dienone is 3. The molecule has 1 aliphatic carbocycles. The molecule has 0 aliphatic heterocycles. The Kier molecular flexibility index (Phi) is 7.70. The fourth-order valence-corrected chi connectivity index (χ4v) is 4.80. The van der Waals surface area contributed by atoms with E-state index in [1.807, 2.05) is 11.9 Å². The average molecular weight is 444 g/mol. The Morgan fingerprint density at radius 3 is 2.44 bits per heavy atom. The maximum absolute atomic E-state index is 9.37. The molecular weight excluding hydrogens is 414 g/mol. The number of nitriles is 2. The lowest BCUT2D eigenvalue weighted by Crippen LogP contribution is -2.20. The van der Waals surface area contributed by atoms with Gasteiger partial charge in [-0.15, -0.1) is 11.3 Å². The summed E-state index contributed by atoms with van der Waals surface area (Å²) in [5.41, 5.74) is 4.63. The van der Waals surface area contributed by atoms with E-state index in [1.54, 1.807) is 11.3 Å². The van der Waals surface area contributed by atoms with Crippen LogP contribution in [0.5, 0.6) is 0 Å². The number of nitrogens with zero attached hydrogens (tertiary/aromatic N) is 3. The lowest BCUT2D eigenvalue weighted by molar-refractivity contribution is 0.304. The van der Waals surface area contributed by atoms with E-state index < -0.39 is 0 Å². The first-order valence-corrected chi connectivity index (χ1v) is 11.6. The highest BCUT2D eigenvalue weighted by Gasteiger charge is 2.29. The molecule has 32 heavy (non-hydrogen) atoms. The number of anilines is 1. The summed E-state index contributed by atoms with van der Waals surface area (Å²) in [5.74, 6) is 0. The molecule has 0 amide bonds. The molecule has 1 saturated carbocycles. The van der Waals surface area contributed by atoms with Gasteiger partial charge in [-0.05, 0) is 77.8 Å². The second-order valence-corrected chi connectivity index (χ2v) is 10.0. The maximum atomic E-state index is 9.37. The van der Waals surface area contributed by atoms with E-state index in [9.17, 15) is 10.5 Å². The molecule has 1 aliphatic rings. The minimum atomic E-state index is 0.137. The molecule has 0 bridgehead atoms. The standard InChI is InChI=1S/C27H29N3OS/c1-27(2)13-12-26(22(18-28)19-29)21(17-27)16-25-11-10-24(32-25)9-6-20-4-7-23(8-5-20)30(3)14-15-31/h4-11,16,31H,12-15,17H2,1-3H3/b9-6+,21-16+. The third-order valence-corrected chi connectivity index (χ3v) is 6.80. The summed E-state index contributed by atoms with van der Waals surface area (Å²) in [7, 11) is 1.97. The molecule has 0 atom stereocenters. The largest absolute Gasteiger partial charge is 0.395 e. The molecule has 2 aromatic rings. The molecule has 0 spiro atoms. The summed E-state index contributed by atoms with van der Waals surface area (Å²) < 4.78 is 0. The number of rotatable bonds is 6. The van der Waals surface area contributed by atoms with E-state index in [1.165, 1.54) is 0 Å². The van der Waals surface area contributed by atoms with Crippen molar-refractivity contribution in [1.82, 2.24) is 0 Å². The number of hydrogen-bond donors (Lipinski definition) is 1. The fourth-order valence-electron chi connectivity index (χ4n) is 3.92. The van der Waals surface area contributed by atoms with E-state index in [2.05, 4.69) is 80.6 Å². The van der Waals surface area contributed by atoms with Crippen molar-refractivity contribution in [2.24, 2.45) is 5.41 Å². The molecule has 0 saturated heterocycles. The number of hydrogen-bond acceptors (Lipinski definition) is 5.